The van der Waals surface area contributed by atoms with Gasteiger partial charge in [0.05, 0.1) is 26.2 Å². The molecule has 3 aromatic rings. The van der Waals surface area contributed by atoms with Crippen LogP contribution in [0.3, 0.4) is 0 Å². The van der Waals surface area contributed by atoms with E-state index in [4.69, 9.17) is 9.47 Å². The summed E-state index contributed by atoms with van der Waals surface area (Å²) in [5.41, 5.74) is 2.40. The molecule has 2 aliphatic rings. The number of hydrogen-bond donors (Lipinski definition) is 1. The van der Waals surface area contributed by atoms with E-state index in [1.54, 1.807) is 16.7 Å². The predicted octanol–water partition coefficient (Wildman–Crippen LogP) is 0.0700. The molecule has 1 fully saturated rings. The minimum atomic E-state index is -0.609. The fourth-order valence-corrected chi connectivity index (χ4v) is 4.17. The minimum Gasteiger partial charge on any atom is -0.485 e. The first-order valence-electron chi connectivity index (χ1n) is 10.6. The molecule has 0 bridgehead atoms. The first kappa shape index (κ1) is 19.6. The molecule has 4 heterocycles. The van der Waals surface area contributed by atoms with Gasteiger partial charge in [-0.3, -0.25) is 14.0 Å². The van der Waals surface area contributed by atoms with Crippen molar-refractivity contribution >= 4 is 11.6 Å². The highest BCUT2D eigenvalue weighted by atomic mass is 16.6. The molecule has 31 heavy (non-hydrogen) atoms. The van der Waals surface area contributed by atoms with Gasteiger partial charge in [-0.1, -0.05) is 18.2 Å². The number of amides is 1. The number of piperazine rings is 1. The van der Waals surface area contributed by atoms with Crippen LogP contribution in [0.15, 0.2) is 53.5 Å². The third-order valence-corrected chi connectivity index (χ3v) is 5.86. The van der Waals surface area contributed by atoms with Gasteiger partial charge in [0.2, 0.25) is 6.10 Å². The molecule has 0 aliphatic carbocycles. The Bertz CT molecular complexity index is 1180. The Balaban J connectivity index is 1.20. The van der Waals surface area contributed by atoms with Gasteiger partial charge in [-0.25, -0.2) is 4.98 Å². The third-order valence-electron chi connectivity index (χ3n) is 5.86. The number of nitrogens with one attached hydrogen (secondary N) is 1. The SMILES string of the molecule is Cc1ccc2nc(C[NH+]3CCN(C(=O)[C@H]4COc5ccccc5O4)CC3)cc(=O)n2c1. The average Bonchev–Trinajstić information content (AvgIpc) is 2.79. The number of para-hydroxylation sites is 2. The Hall–Kier alpha value is -3.39. The number of carbonyl (C=O) groups is 1. The molecule has 0 saturated carbocycles. The van der Waals surface area contributed by atoms with E-state index in [0.717, 1.165) is 24.3 Å². The molecule has 8 heteroatoms. The summed E-state index contributed by atoms with van der Waals surface area (Å²) < 4.78 is 13.1. The molecule has 0 spiro atoms. The fraction of sp³-hybridized carbons (Fsp3) is 0.348. The standard InChI is InChI=1S/C23H24N4O4/c1-16-6-7-21-24-17(12-22(28)27(21)13-16)14-25-8-10-26(11-9-25)23(29)20-15-30-18-4-2-3-5-19(18)31-20/h2-7,12-13,20H,8-11,14-15H2,1H3/p+1/t20-/m1/s1. The Morgan fingerprint density at radius 2 is 1.94 bits per heavy atom. The topological polar surface area (TPSA) is 77.6 Å². The predicted molar refractivity (Wildman–Crippen MR) is 114 cm³/mol. The van der Waals surface area contributed by atoms with Crippen molar-refractivity contribution in [3.05, 3.63) is 70.3 Å². The van der Waals surface area contributed by atoms with Crippen LogP contribution in [0.1, 0.15) is 11.3 Å². The van der Waals surface area contributed by atoms with Crippen molar-refractivity contribution in [3.63, 3.8) is 0 Å². The van der Waals surface area contributed by atoms with Gasteiger partial charge >= 0.3 is 0 Å². The summed E-state index contributed by atoms with van der Waals surface area (Å²) in [6.45, 7) is 5.72. The van der Waals surface area contributed by atoms with Gasteiger partial charge in [-0.2, -0.15) is 0 Å². The van der Waals surface area contributed by atoms with E-state index in [2.05, 4.69) is 4.98 Å². The van der Waals surface area contributed by atoms with E-state index < -0.39 is 6.10 Å². The van der Waals surface area contributed by atoms with Gasteiger partial charge in [-0.15, -0.1) is 0 Å². The Morgan fingerprint density at radius 3 is 2.74 bits per heavy atom. The number of quaternary nitrogens is 1. The summed E-state index contributed by atoms with van der Waals surface area (Å²) in [7, 11) is 0. The number of ether oxygens (including phenoxy) is 2. The lowest BCUT2D eigenvalue weighted by molar-refractivity contribution is -0.917. The number of hydrogen-bond acceptors (Lipinski definition) is 5. The Labute approximate surface area is 179 Å². The molecule has 1 amide bonds. The fourth-order valence-electron chi connectivity index (χ4n) is 4.17. The molecule has 0 radical (unpaired) electrons. The van der Waals surface area contributed by atoms with Crippen molar-refractivity contribution in [2.75, 3.05) is 32.8 Å². The van der Waals surface area contributed by atoms with Gasteiger partial charge in [0, 0.05) is 12.3 Å². The first-order valence-corrected chi connectivity index (χ1v) is 10.6. The summed E-state index contributed by atoms with van der Waals surface area (Å²) in [5.74, 6) is 1.25. The van der Waals surface area contributed by atoms with Crippen LogP contribution in [0.5, 0.6) is 11.5 Å². The maximum atomic E-state index is 12.9. The summed E-state index contributed by atoms with van der Waals surface area (Å²) in [6.07, 6.45) is 1.20. The highest BCUT2D eigenvalue weighted by Crippen LogP contribution is 2.31. The van der Waals surface area contributed by atoms with E-state index >= 15 is 0 Å². The lowest BCUT2D eigenvalue weighted by atomic mass is 10.2. The molecule has 0 unspecified atom stereocenters. The zero-order valence-corrected chi connectivity index (χ0v) is 17.4. The van der Waals surface area contributed by atoms with Gasteiger partial charge in [0.25, 0.3) is 11.5 Å². The number of aryl methyl sites for hydroxylation is 1. The number of fused-ring (bicyclic) bond motifs is 2. The maximum Gasteiger partial charge on any atom is 0.267 e. The van der Waals surface area contributed by atoms with E-state index in [0.29, 0.717) is 36.8 Å². The molecule has 1 aromatic carbocycles. The van der Waals surface area contributed by atoms with Crippen LogP contribution in [0.4, 0.5) is 0 Å². The highest BCUT2D eigenvalue weighted by molar-refractivity contribution is 5.82. The second kappa shape index (κ2) is 8.03. The zero-order valence-electron chi connectivity index (χ0n) is 17.4. The van der Waals surface area contributed by atoms with E-state index in [1.807, 2.05) is 48.2 Å². The Morgan fingerprint density at radius 1 is 1.16 bits per heavy atom. The molecular formula is C23H25N4O4+. The quantitative estimate of drug-likeness (QED) is 0.648. The average molecular weight is 421 g/mol. The monoisotopic (exact) mass is 421 g/mol. The molecule has 8 nitrogen and oxygen atoms in total. The molecule has 160 valence electrons. The van der Waals surface area contributed by atoms with Crippen molar-refractivity contribution in [2.45, 2.75) is 19.6 Å². The number of carbonyl (C=O) groups excluding carboxylic acids is 1. The molecule has 2 aromatic heterocycles. The molecule has 1 atom stereocenters. The van der Waals surface area contributed by atoms with Crippen LogP contribution in [-0.2, 0) is 11.3 Å². The van der Waals surface area contributed by atoms with Crippen LogP contribution in [-0.4, -0.2) is 59.1 Å². The van der Waals surface area contributed by atoms with Gasteiger partial charge in [0.1, 0.15) is 24.5 Å². The van der Waals surface area contributed by atoms with Crippen molar-refractivity contribution in [1.82, 2.24) is 14.3 Å². The number of pyridine rings is 1. The summed E-state index contributed by atoms with van der Waals surface area (Å²) >= 11 is 0. The summed E-state index contributed by atoms with van der Waals surface area (Å²) in [5, 5.41) is 0. The molecule has 5 rings (SSSR count). The third kappa shape index (κ3) is 3.98. The second-order valence-corrected chi connectivity index (χ2v) is 8.14. The van der Waals surface area contributed by atoms with E-state index in [9.17, 15) is 9.59 Å². The molecular weight excluding hydrogens is 396 g/mol. The summed E-state index contributed by atoms with van der Waals surface area (Å²) in [4.78, 5) is 33.1. The van der Waals surface area contributed by atoms with Crippen LogP contribution in [0.2, 0.25) is 0 Å². The number of aromatic nitrogens is 2. The van der Waals surface area contributed by atoms with Crippen molar-refractivity contribution in [3.8, 4) is 11.5 Å². The highest BCUT2D eigenvalue weighted by Gasteiger charge is 2.33. The number of nitrogens with zero attached hydrogens (tertiary/aromatic N) is 3. The number of benzene rings is 1. The largest absolute Gasteiger partial charge is 0.485 e. The first-order chi connectivity index (χ1) is 15.1. The smallest absolute Gasteiger partial charge is 0.267 e. The van der Waals surface area contributed by atoms with Crippen molar-refractivity contribution in [2.24, 2.45) is 0 Å². The van der Waals surface area contributed by atoms with Crippen LogP contribution < -0.4 is 19.9 Å². The van der Waals surface area contributed by atoms with Gasteiger partial charge in [-0.05, 0) is 30.7 Å². The molecule has 2 aliphatic heterocycles. The molecule has 1 N–H and O–H groups in total. The van der Waals surface area contributed by atoms with Crippen LogP contribution >= 0.6 is 0 Å². The van der Waals surface area contributed by atoms with Gasteiger partial charge < -0.3 is 19.3 Å². The second-order valence-electron chi connectivity index (χ2n) is 8.14. The minimum absolute atomic E-state index is 0.0361. The lowest BCUT2D eigenvalue weighted by Gasteiger charge is -2.35. The van der Waals surface area contributed by atoms with Crippen molar-refractivity contribution in [1.29, 1.82) is 0 Å². The normalized spacial score (nSPS) is 18.9. The van der Waals surface area contributed by atoms with E-state index in [1.165, 1.54) is 4.90 Å². The van der Waals surface area contributed by atoms with Gasteiger partial charge in [0.15, 0.2) is 11.5 Å². The lowest BCUT2D eigenvalue weighted by Crippen LogP contribution is -3.13. The maximum absolute atomic E-state index is 12.9. The summed E-state index contributed by atoms with van der Waals surface area (Å²) in [6, 6.07) is 12.8. The Kier molecular flexibility index (Phi) is 5.07. The van der Waals surface area contributed by atoms with Crippen LogP contribution in [0.25, 0.3) is 5.65 Å². The number of rotatable bonds is 3. The molecule has 1 saturated heterocycles. The van der Waals surface area contributed by atoms with Crippen LogP contribution in [0, 0.1) is 6.92 Å². The zero-order chi connectivity index (χ0) is 21.4. The van der Waals surface area contributed by atoms with E-state index in [-0.39, 0.29) is 18.1 Å². The van der Waals surface area contributed by atoms with Crippen molar-refractivity contribution < 1.29 is 19.2 Å².